The fraction of sp³-hybridized carbons (Fsp3) is 0.182. The first-order valence-electron chi connectivity index (χ1n) is 5.12. The van der Waals surface area contributed by atoms with Crippen LogP contribution in [-0.4, -0.2) is 35.2 Å². The summed E-state index contributed by atoms with van der Waals surface area (Å²) in [5, 5.41) is 11.2. The van der Waals surface area contributed by atoms with Crippen LogP contribution < -0.4 is 5.32 Å². The van der Waals surface area contributed by atoms with E-state index in [0.717, 1.165) is 0 Å². The van der Waals surface area contributed by atoms with Crippen molar-refractivity contribution in [2.75, 3.05) is 18.5 Å². The van der Waals surface area contributed by atoms with Crippen LogP contribution in [0.2, 0.25) is 0 Å². The number of nitrogens with one attached hydrogen (secondary N) is 1. The molecule has 7 nitrogen and oxygen atoms in total. The van der Waals surface area contributed by atoms with Crippen molar-refractivity contribution < 1.29 is 24.2 Å². The van der Waals surface area contributed by atoms with Gasteiger partial charge in [-0.15, -0.1) is 0 Å². The third-order valence-electron chi connectivity index (χ3n) is 2.11. The Morgan fingerprint density at radius 2 is 2.17 bits per heavy atom. The average Bonchev–Trinajstić information content (AvgIpc) is 2.40. The minimum absolute atomic E-state index is 0.0727. The van der Waals surface area contributed by atoms with Crippen molar-refractivity contribution in [3.63, 3.8) is 0 Å². The summed E-state index contributed by atoms with van der Waals surface area (Å²) in [5.74, 6) is -1.53. The lowest BCUT2D eigenvalue weighted by Crippen LogP contribution is -2.21. The van der Waals surface area contributed by atoms with E-state index in [4.69, 9.17) is 14.6 Å². The number of carboxylic acids is 1. The topological polar surface area (TPSA) is 97.8 Å². The quantitative estimate of drug-likeness (QED) is 0.815. The van der Waals surface area contributed by atoms with Crippen LogP contribution in [0.1, 0.15) is 10.5 Å². The zero-order chi connectivity index (χ0) is 13.0. The first-order valence-corrected chi connectivity index (χ1v) is 5.12. The lowest BCUT2D eigenvalue weighted by atomic mass is 10.3. The van der Waals surface area contributed by atoms with E-state index in [1.165, 1.54) is 24.6 Å². The van der Waals surface area contributed by atoms with Gasteiger partial charge in [-0.25, -0.2) is 9.78 Å². The fourth-order valence-electron chi connectivity index (χ4n) is 1.27. The molecule has 0 aliphatic carbocycles. The van der Waals surface area contributed by atoms with Gasteiger partial charge in [0, 0.05) is 0 Å². The van der Waals surface area contributed by atoms with Crippen LogP contribution in [0, 0.1) is 0 Å². The van der Waals surface area contributed by atoms with Crippen LogP contribution in [0.3, 0.4) is 0 Å². The van der Waals surface area contributed by atoms with E-state index in [2.05, 4.69) is 10.3 Å². The Kier molecular flexibility index (Phi) is 3.42. The van der Waals surface area contributed by atoms with Crippen molar-refractivity contribution in [2.24, 2.45) is 0 Å². The Hall–Kier alpha value is -2.57. The summed E-state index contributed by atoms with van der Waals surface area (Å²) >= 11 is 0. The molecule has 2 rings (SSSR count). The highest BCUT2D eigenvalue weighted by Crippen LogP contribution is 2.10. The van der Waals surface area contributed by atoms with Gasteiger partial charge in [0.1, 0.15) is 25.2 Å². The molecule has 0 bridgehead atoms. The van der Waals surface area contributed by atoms with Gasteiger partial charge < -0.3 is 19.9 Å². The van der Waals surface area contributed by atoms with Gasteiger partial charge in [0.25, 0.3) is 5.91 Å². The third-order valence-corrected chi connectivity index (χ3v) is 2.11. The third kappa shape index (κ3) is 2.76. The zero-order valence-corrected chi connectivity index (χ0v) is 9.25. The van der Waals surface area contributed by atoms with Gasteiger partial charge in [0.2, 0.25) is 5.76 Å². The van der Waals surface area contributed by atoms with E-state index in [1.54, 1.807) is 0 Å². The molecule has 1 aromatic heterocycles. The van der Waals surface area contributed by atoms with E-state index < -0.39 is 11.9 Å². The first kappa shape index (κ1) is 11.9. The largest absolute Gasteiger partial charge is 0.494 e. The summed E-state index contributed by atoms with van der Waals surface area (Å²) in [6.45, 7) is 0.723. The second-order valence-corrected chi connectivity index (χ2v) is 3.39. The summed E-state index contributed by atoms with van der Waals surface area (Å²) in [4.78, 5) is 25.9. The molecule has 18 heavy (non-hydrogen) atoms. The van der Waals surface area contributed by atoms with E-state index in [0.29, 0.717) is 18.9 Å². The number of carbonyl (C=O) groups excluding carboxylic acids is 1. The van der Waals surface area contributed by atoms with Gasteiger partial charge >= 0.3 is 5.97 Å². The Balaban J connectivity index is 2.02. The van der Waals surface area contributed by atoms with Gasteiger partial charge in [0.05, 0.1) is 11.9 Å². The van der Waals surface area contributed by atoms with Crippen molar-refractivity contribution in [3.8, 4) is 0 Å². The summed E-state index contributed by atoms with van der Waals surface area (Å²) in [6, 6.07) is 2.74. The number of hydrogen-bond acceptors (Lipinski definition) is 5. The highest BCUT2D eigenvalue weighted by Gasteiger charge is 2.15. The molecule has 0 spiro atoms. The zero-order valence-electron chi connectivity index (χ0n) is 9.25. The SMILES string of the molecule is O=C(Nc1ccc(C(=O)O)nc1)C1=COCCO1. The standard InChI is InChI=1S/C11H10N2O5/c14-10(9-6-17-3-4-18-9)13-7-1-2-8(11(15)16)12-5-7/h1-2,5-6H,3-4H2,(H,13,14)(H,15,16). The number of aromatic nitrogens is 1. The number of aromatic carboxylic acids is 1. The molecule has 1 amide bonds. The minimum Gasteiger partial charge on any atom is -0.494 e. The highest BCUT2D eigenvalue weighted by molar-refractivity contribution is 6.02. The van der Waals surface area contributed by atoms with E-state index in [1.807, 2.05) is 0 Å². The Morgan fingerprint density at radius 3 is 2.72 bits per heavy atom. The molecule has 2 N–H and O–H groups in total. The predicted octanol–water partition coefficient (Wildman–Crippen LogP) is 0.607. The molecular weight excluding hydrogens is 240 g/mol. The molecule has 0 unspecified atom stereocenters. The van der Waals surface area contributed by atoms with Crippen molar-refractivity contribution >= 4 is 17.6 Å². The van der Waals surface area contributed by atoms with Gasteiger partial charge in [0.15, 0.2) is 0 Å². The van der Waals surface area contributed by atoms with Gasteiger partial charge in [-0.2, -0.15) is 0 Å². The summed E-state index contributed by atoms with van der Waals surface area (Å²) < 4.78 is 10.0. The number of anilines is 1. The van der Waals surface area contributed by atoms with Crippen molar-refractivity contribution in [1.82, 2.24) is 4.98 Å². The minimum atomic E-state index is -1.13. The van der Waals surface area contributed by atoms with Gasteiger partial charge in [-0.1, -0.05) is 0 Å². The number of nitrogens with zero attached hydrogens (tertiary/aromatic N) is 1. The predicted molar refractivity (Wildman–Crippen MR) is 59.8 cm³/mol. The van der Waals surface area contributed by atoms with Crippen molar-refractivity contribution in [2.45, 2.75) is 0 Å². The van der Waals surface area contributed by atoms with Gasteiger partial charge in [-0.3, -0.25) is 4.79 Å². The molecule has 0 saturated heterocycles. The highest BCUT2D eigenvalue weighted by atomic mass is 16.6. The maximum Gasteiger partial charge on any atom is 0.354 e. The van der Waals surface area contributed by atoms with Crippen LogP contribution in [-0.2, 0) is 14.3 Å². The molecule has 1 aromatic rings. The fourth-order valence-corrected chi connectivity index (χ4v) is 1.27. The Labute approximate surface area is 102 Å². The summed E-state index contributed by atoms with van der Waals surface area (Å²) in [5.41, 5.74) is 0.282. The molecule has 7 heteroatoms. The summed E-state index contributed by atoms with van der Waals surface area (Å²) in [6.07, 6.45) is 2.49. The maximum atomic E-state index is 11.7. The molecule has 0 radical (unpaired) electrons. The second kappa shape index (κ2) is 5.17. The van der Waals surface area contributed by atoms with Crippen LogP contribution >= 0.6 is 0 Å². The second-order valence-electron chi connectivity index (χ2n) is 3.39. The molecule has 94 valence electrons. The Morgan fingerprint density at radius 1 is 1.33 bits per heavy atom. The molecule has 1 aliphatic heterocycles. The van der Waals surface area contributed by atoms with E-state index in [9.17, 15) is 9.59 Å². The van der Waals surface area contributed by atoms with E-state index >= 15 is 0 Å². The van der Waals surface area contributed by atoms with Gasteiger partial charge in [-0.05, 0) is 12.1 Å². The molecule has 0 saturated carbocycles. The number of amides is 1. The number of ether oxygens (including phenoxy) is 2. The average molecular weight is 250 g/mol. The van der Waals surface area contributed by atoms with Crippen LogP contribution in [0.25, 0.3) is 0 Å². The van der Waals surface area contributed by atoms with Crippen LogP contribution in [0.15, 0.2) is 30.4 Å². The van der Waals surface area contributed by atoms with Crippen LogP contribution in [0.4, 0.5) is 5.69 Å². The lowest BCUT2D eigenvalue weighted by molar-refractivity contribution is -0.117. The van der Waals surface area contributed by atoms with Crippen molar-refractivity contribution in [3.05, 3.63) is 36.0 Å². The van der Waals surface area contributed by atoms with Crippen LogP contribution in [0.5, 0.6) is 0 Å². The molecule has 0 fully saturated rings. The lowest BCUT2D eigenvalue weighted by Gasteiger charge is -2.14. The number of hydrogen-bond donors (Lipinski definition) is 2. The number of carbonyl (C=O) groups is 2. The number of pyridine rings is 1. The Bertz CT molecular complexity index is 495. The summed E-state index contributed by atoms with van der Waals surface area (Å²) in [7, 11) is 0. The molecular formula is C11H10N2O5. The normalized spacial score (nSPS) is 13.9. The first-order chi connectivity index (χ1) is 8.66. The smallest absolute Gasteiger partial charge is 0.354 e. The number of rotatable bonds is 3. The monoisotopic (exact) mass is 250 g/mol. The number of carboxylic acid groups (broad SMARTS) is 1. The maximum absolute atomic E-state index is 11.7. The molecule has 0 aromatic carbocycles. The molecule has 2 heterocycles. The van der Waals surface area contributed by atoms with Crippen molar-refractivity contribution in [1.29, 1.82) is 0 Å². The van der Waals surface area contributed by atoms with E-state index in [-0.39, 0.29) is 11.5 Å². The molecule has 1 aliphatic rings. The molecule has 0 atom stereocenters.